The van der Waals surface area contributed by atoms with Crippen molar-refractivity contribution in [2.24, 2.45) is 0 Å². The monoisotopic (exact) mass is 518 g/mol. The normalized spacial score (nSPS) is 13.1. The highest BCUT2D eigenvalue weighted by Gasteiger charge is 2.19. The zero-order valence-electron chi connectivity index (χ0n) is 22.0. The molecule has 2 nitrogen and oxygen atoms in total. The number of rotatable bonds is 2. The van der Waals surface area contributed by atoms with Crippen molar-refractivity contribution < 1.29 is 0 Å². The molecule has 0 saturated carbocycles. The molecule has 1 aliphatic carbocycles. The Morgan fingerprint density at radius 1 is 0.667 bits per heavy atom. The quantitative estimate of drug-likeness (QED) is 0.213. The SMILES string of the molecule is Cc1ccc2c3ccc(C)cc3c3nc(-c4ccccc4-c4cccc5c6c(sc45)C=CCC6)cnc3c2c1. The number of fused-ring (bicyclic) bond motifs is 9. The molecule has 0 saturated heterocycles. The fraction of sp³-hybridized carbons (Fsp3) is 0.111. The highest BCUT2D eigenvalue weighted by Crippen LogP contribution is 2.43. The third kappa shape index (κ3) is 3.47. The van der Waals surface area contributed by atoms with Crippen molar-refractivity contribution in [2.45, 2.75) is 26.7 Å². The minimum atomic E-state index is 0.908. The molecule has 2 heterocycles. The Balaban J connectivity index is 1.41. The van der Waals surface area contributed by atoms with E-state index in [0.717, 1.165) is 45.9 Å². The summed E-state index contributed by atoms with van der Waals surface area (Å²) in [5.41, 5.74) is 10.4. The van der Waals surface area contributed by atoms with Gasteiger partial charge in [-0.1, -0.05) is 83.9 Å². The molecule has 0 unspecified atom stereocenters. The van der Waals surface area contributed by atoms with Gasteiger partial charge in [0.1, 0.15) is 0 Å². The summed E-state index contributed by atoms with van der Waals surface area (Å²) in [6.07, 6.45) is 8.80. The van der Waals surface area contributed by atoms with Gasteiger partial charge in [-0.25, -0.2) is 4.98 Å². The molecule has 3 heteroatoms. The molecule has 0 N–H and O–H groups in total. The second-order valence-corrected chi connectivity index (χ2v) is 11.7. The van der Waals surface area contributed by atoms with Gasteiger partial charge in [0.2, 0.25) is 0 Å². The van der Waals surface area contributed by atoms with Gasteiger partial charge in [-0.3, -0.25) is 4.98 Å². The molecular formula is C36H26N2S. The number of benzene rings is 5. The first-order valence-corrected chi connectivity index (χ1v) is 14.4. The Morgan fingerprint density at radius 3 is 2.18 bits per heavy atom. The lowest BCUT2D eigenvalue weighted by molar-refractivity contribution is 1.01. The third-order valence-electron chi connectivity index (χ3n) is 8.10. The lowest BCUT2D eigenvalue weighted by Crippen LogP contribution is -1.94. The summed E-state index contributed by atoms with van der Waals surface area (Å²) >= 11 is 1.91. The molecule has 1 aliphatic rings. The van der Waals surface area contributed by atoms with Crippen molar-refractivity contribution in [3.8, 4) is 22.4 Å². The van der Waals surface area contributed by atoms with E-state index in [-0.39, 0.29) is 0 Å². The van der Waals surface area contributed by atoms with E-state index >= 15 is 0 Å². The van der Waals surface area contributed by atoms with Crippen LogP contribution >= 0.6 is 11.3 Å². The molecule has 39 heavy (non-hydrogen) atoms. The van der Waals surface area contributed by atoms with Gasteiger partial charge in [-0.05, 0) is 72.2 Å². The maximum Gasteiger partial charge on any atom is 0.0979 e. The lowest BCUT2D eigenvalue weighted by atomic mass is 9.94. The maximum absolute atomic E-state index is 5.36. The molecule has 0 fully saturated rings. The average molecular weight is 519 g/mol. The average Bonchev–Trinajstić information content (AvgIpc) is 3.36. The van der Waals surface area contributed by atoms with Gasteiger partial charge in [-0.2, -0.15) is 0 Å². The van der Waals surface area contributed by atoms with Crippen LogP contribution in [0.5, 0.6) is 0 Å². The van der Waals surface area contributed by atoms with Crippen molar-refractivity contribution in [1.29, 1.82) is 0 Å². The lowest BCUT2D eigenvalue weighted by Gasteiger charge is -2.14. The second-order valence-electron chi connectivity index (χ2n) is 10.7. The van der Waals surface area contributed by atoms with E-state index in [1.54, 1.807) is 0 Å². The number of thiophene rings is 1. The highest BCUT2D eigenvalue weighted by atomic mass is 32.1. The van der Waals surface area contributed by atoms with Gasteiger partial charge in [0.05, 0.1) is 22.9 Å². The summed E-state index contributed by atoms with van der Waals surface area (Å²) in [4.78, 5) is 11.8. The summed E-state index contributed by atoms with van der Waals surface area (Å²) in [7, 11) is 0. The molecule has 5 aromatic carbocycles. The largest absolute Gasteiger partial charge is 0.252 e. The van der Waals surface area contributed by atoms with Gasteiger partial charge < -0.3 is 0 Å². The molecule has 186 valence electrons. The Bertz CT molecular complexity index is 2150. The van der Waals surface area contributed by atoms with Crippen molar-refractivity contribution in [2.75, 3.05) is 0 Å². The molecular weight excluding hydrogens is 492 g/mol. The third-order valence-corrected chi connectivity index (χ3v) is 9.34. The van der Waals surface area contributed by atoms with E-state index in [1.165, 1.54) is 53.6 Å². The number of hydrogen-bond acceptors (Lipinski definition) is 3. The summed E-state index contributed by atoms with van der Waals surface area (Å²) in [5, 5.41) is 6.17. The zero-order chi connectivity index (χ0) is 26.1. The predicted octanol–water partition coefficient (Wildman–Crippen LogP) is 10.1. The van der Waals surface area contributed by atoms with Gasteiger partial charge in [-0.15, -0.1) is 11.3 Å². The molecule has 0 atom stereocenters. The van der Waals surface area contributed by atoms with Crippen LogP contribution in [0, 0.1) is 13.8 Å². The molecule has 7 aromatic rings. The molecule has 0 aliphatic heterocycles. The Labute approximate surface area is 231 Å². The van der Waals surface area contributed by atoms with Crippen molar-refractivity contribution in [3.05, 3.63) is 113 Å². The van der Waals surface area contributed by atoms with Crippen LogP contribution in [0.15, 0.2) is 91.1 Å². The highest BCUT2D eigenvalue weighted by molar-refractivity contribution is 7.20. The van der Waals surface area contributed by atoms with E-state index in [1.807, 2.05) is 17.5 Å². The van der Waals surface area contributed by atoms with E-state index in [4.69, 9.17) is 9.97 Å². The van der Waals surface area contributed by atoms with Crippen molar-refractivity contribution in [1.82, 2.24) is 9.97 Å². The van der Waals surface area contributed by atoms with Crippen LogP contribution in [0.2, 0.25) is 0 Å². The van der Waals surface area contributed by atoms with Crippen molar-refractivity contribution >= 4 is 60.1 Å². The predicted molar refractivity (Wildman–Crippen MR) is 168 cm³/mol. The van der Waals surface area contributed by atoms with Crippen LogP contribution in [-0.2, 0) is 6.42 Å². The Hall–Kier alpha value is -4.34. The standard InChI is InChI=1S/C36H26N2S/c1-21-14-16-24-25-17-15-22(2)19-31(25)35-34(30(24)18-21)37-20-32(38-35)26-9-4-3-8-23(26)28-11-7-12-29-27-10-5-6-13-33(27)39-36(28)29/h3-4,6-9,11-20H,5,10H2,1-2H3. The van der Waals surface area contributed by atoms with Crippen LogP contribution in [0.3, 0.4) is 0 Å². The maximum atomic E-state index is 5.36. The van der Waals surface area contributed by atoms with Gasteiger partial charge >= 0.3 is 0 Å². The molecule has 0 spiro atoms. The van der Waals surface area contributed by atoms with Gasteiger partial charge in [0, 0.05) is 31.5 Å². The topological polar surface area (TPSA) is 25.8 Å². The molecule has 0 amide bonds. The number of aryl methyl sites for hydroxylation is 3. The summed E-state index contributed by atoms with van der Waals surface area (Å²) < 4.78 is 1.36. The number of aromatic nitrogens is 2. The van der Waals surface area contributed by atoms with Crippen LogP contribution in [0.4, 0.5) is 0 Å². The van der Waals surface area contributed by atoms with Crippen LogP contribution < -0.4 is 0 Å². The minimum absolute atomic E-state index is 0.908. The Morgan fingerprint density at radius 2 is 1.38 bits per heavy atom. The van der Waals surface area contributed by atoms with Crippen LogP contribution in [0.1, 0.15) is 28.0 Å². The summed E-state index contributed by atoms with van der Waals surface area (Å²) in [6, 6.07) is 28.8. The molecule has 0 bridgehead atoms. The first-order chi connectivity index (χ1) is 19.2. The fourth-order valence-electron chi connectivity index (χ4n) is 6.23. The van der Waals surface area contributed by atoms with Crippen molar-refractivity contribution in [3.63, 3.8) is 0 Å². The number of allylic oxidation sites excluding steroid dienone is 1. The number of nitrogens with zero attached hydrogens (tertiary/aromatic N) is 2. The first-order valence-electron chi connectivity index (χ1n) is 13.6. The molecule has 8 rings (SSSR count). The fourth-order valence-corrected chi connectivity index (χ4v) is 7.54. The zero-order valence-corrected chi connectivity index (χ0v) is 22.8. The first kappa shape index (κ1) is 22.6. The van der Waals surface area contributed by atoms with Crippen LogP contribution in [-0.4, -0.2) is 9.97 Å². The van der Waals surface area contributed by atoms with Gasteiger partial charge in [0.15, 0.2) is 0 Å². The van der Waals surface area contributed by atoms with Crippen LogP contribution in [0.25, 0.3) is 71.1 Å². The van der Waals surface area contributed by atoms with E-state index in [0.29, 0.717) is 0 Å². The second kappa shape index (κ2) is 8.59. The smallest absolute Gasteiger partial charge is 0.0979 e. The van der Waals surface area contributed by atoms with E-state index in [9.17, 15) is 0 Å². The Kier molecular flexibility index (Phi) is 4.98. The molecule has 2 aromatic heterocycles. The van der Waals surface area contributed by atoms with Gasteiger partial charge in [0.25, 0.3) is 0 Å². The number of hydrogen-bond donors (Lipinski definition) is 0. The van der Waals surface area contributed by atoms with E-state index < -0.39 is 0 Å². The minimum Gasteiger partial charge on any atom is -0.252 e. The molecule has 0 radical (unpaired) electrons. The van der Waals surface area contributed by atoms with E-state index in [2.05, 4.69) is 105 Å². The summed E-state index contributed by atoms with van der Waals surface area (Å²) in [5.74, 6) is 0. The summed E-state index contributed by atoms with van der Waals surface area (Å²) in [6.45, 7) is 4.29.